The number of alkyl halides is 6. The van der Waals surface area contributed by atoms with Crippen LogP contribution in [0, 0.1) is 5.41 Å². The van der Waals surface area contributed by atoms with Gasteiger partial charge in [0.05, 0.1) is 0 Å². The van der Waals surface area contributed by atoms with Gasteiger partial charge in [0.2, 0.25) is 0 Å². The van der Waals surface area contributed by atoms with Crippen LogP contribution in [0.3, 0.4) is 0 Å². The fourth-order valence-corrected chi connectivity index (χ4v) is 1.23. The summed E-state index contributed by atoms with van der Waals surface area (Å²) in [5.74, 6) is 0. The molecular formula is C10H9F6N. The highest BCUT2D eigenvalue weighted by Crippen LogP contribution is 2.51. The van der Waals surface area contributed by atoms with E-state index < -0.39 is 24.2 Å². The van der Waals surface area contributed by atoms with Crippen LogP contribution in [0.15, 0.2) is 24.4 Å². The molecule has 96 valence electrons. The third kappa shape index (κ3) is 2.70. The van der Waals surface area contributed by atoms with Gasteiger partial charge in [-0.25, -0.2) is 0 Å². The van der Waals surface area contributed by atoms with Crippen molar-refractivity contribution in [2.24, 2.45) is 5.41 Å². The quantitative estimate of drug-likeness (QED) is 0.735. The standard InChI is InChI=1S/C10H9F6N/c1-8(9(11,12)13,10(14,15)16)6-7-4-2-3-5-17-7/h2-5H,6H2,1H3. The third-order valence-corrected chi connectivity index (χ3v) is 2.51. The molecule has 1 aromatic heterocycles. The Morgan fingerprint density at radius 3 is 1.88 bits per heavy atom. The smallest absolute Gasteiger partial charge is 0.261 e. The van der Waals surface area contributed by atoms with Gasteiger partial charge in [-0.3, -0.25) is 4.98 Å². The van der Waals surface area contributed by atoms with Crippen molar-refractivity contribution in [1.82, 2.24) is 4.98 Å². The largest absolute Gasteiger partial charge is 0.403 e. The summed E-state index contributed by atoms with van der Waals surface area (Å²) in [4.78, 5) is 3.49. The summed E-state index contributed by atoms with van der Waals surface area (Å²) >= 11 is 0. The predicted octanol–water partition coefficient (Wildman–Crippen LogP) is 3.76. The second kappa shape index (κ2) is 4.19. The van der Waals surface area contributed by atoms with Crippen LogP contribution < -0.4 is 0 Å². The lowest BCUT2D eigenvalue weighted by molar-refractivity contribution is -0.334. The Morgan fingerprint density at radius 2 is 1.53 bits per heavy atom. The van der Waals surface area contributed by atoms with Crippen LogP contribution in [0.2, 0.25) is 0 Å². The molecule has 0 saturated heterocycles. The first-order valence-corrected chi connectivity index (χ1v) is 4.61. The monoisotopic (exact) mass is 257 g/mol. The zero-order chi connectivity index (χ0) is 13.3. The molecule has 0 N–H and O–H groups in total. The summed E-state index contributed by atoms with van der Waals surface area (Å²) in [6, 6.07) is 3.90. The molecule has 0 bridgehead atoms. The molecule has 0 unspecified atom stereocenters. The number of hydrogen-bond donors (Lipinski definition) is 0. The van der Waals surface area contributed by atoms with E-state index in [0.29, 0.717) is 0 Å². The van der Waals surface area contributed by atoms with Gasteiger partial charge in [-0.15, -0.1) is 0 Å². The number of rotatable bonds is 2. The van der Waals surface area contributed by atoms with Crippen molar-refractivity contribution in [1.29, 1.82) is 0 Å². The van der Waals surface area contributed by atoms with E-state index >= 15 is 0 Å². The molecular weight excluding hydrogens is 248 g/mol. The van der Waals surface area contributed by atoms with Crippen LogP contribution in [-0.2, 0) is 6.42 Å². The van der Waals surface area contributed by atoms with Gasteiger partial charge < -0.3 is 0 Å². The van der Waals surface area contributed by atoms with Gasteiger partial charge in [0.15, 0.2) is 5.41 Å². The number of aromatic nitrogens is 1. The van der Waals surface area contributed by atoms with E-state index in [9.17, 15) is 26.3 Å². The molecule has 1 nitrogen and oxygen atoms in total. The molecule has 7 heteroatoms. The van der Waals surface area contributed by atoms with E-state index in [0.717, 1.165) is 12.3 Å². The minimum atomic E-state index is -5.37. The molecule has 0 aliphatic rings. The van der Waals surface area contributed by atoms with Crippen LogP contribution in [0.1, 0.15) is 12.6 Å². The van der Waals surface area contributed by atoms with Crippen molar-refractivity contribution in [2.75, 3.05) is 0 Å². The Morgan fingerprint density at radius 1 is 1.00 bits per heavy atom. The van der Waals surface area contributed by atoms with Crippen molar-refractivity contribution in [3.63, 3.8) is 0 Å². The normalized spacial score (nSPS) is 13.8. The van der Waals surface area contributed by atoms with E-state index in [1.807, 2.05) is 0 Å². The first kappa shape index (κ1) is 13.8. The van der Waals surface area contributed by atoms with Crippen molar-refractivity contribution < 1.29 is 26.3 Å². The number of hydrogen-bond acceptors (Lipinski definition) is 1. The van der Waals surface area contributed by atoms with E-state index in [1.165, 1.54) is 12.1 Å². The SMILES string of the molecule is CC(Cc1ccccn1)(C(F)(F)F)C(F)(F)F. The second-order valence-corrected chi connectivity index (χ2v) is 3.83. The average Bonchev–Trinajstić information content (AvgIpc) is 2.15. The molecule has 0 aliphatic heterocycles. The molecule has 0 spiro atoms. The molecule has 1 heterocycles. The lowest BCUT2D eigenvalue weighted by atomic mass is 9.83. The fraction of sp³-hybridized carbons (Fsp3) is 0.500. The summed E-state index contributed by atoms with van der Waals surface area (Å²) in [5.41, 5.74) is -4.03. The van der Waals surface area contributed by atoms with Gasteiger partial charge in [-0.05, 0) is 19.1 Å². The minimum Gasteiger partial charge on any atom is -0.261 e. The molecule has 0 fully saturated rings. The molecule has 0 aliphatic carbocycles. The van der Waals surface area contributed by atoms with Crippen LogP contribution >= 0.6 is 0 Å². The highest BCUT2D eigenvalue weighted by Gasteiger charge is 2.67. The predicted molar refractivity (Wildman–Crippen MR) is 48.2 cm³/mol. The zero-order valence-electron chi connectivity index (χ0n) is 8.73. The average molecular weight is 257 g/mol. The first-order chi connectivity index (χ1) is 7.58. The van der Waals surface area contributed by atoms with Crippen LogP contribution in [0.4, 0.5) is 26.3 Å². The van der Waals surface area contributed by atoms with Gasteiger partial charge in [-0.2, -0.15) is 26.3 Å². The third-order valence-electron chi connectivity index (χ3n) is 2.51. The van der Waals surface area contributed by atoms with E-state index in [4.69, 9.17) is 0 Å². The molecule has 0 amide bonds. The summed E-state index contributed by atoms with van der Waals surface area (Å²) in [6.45, 7) is 0.141. The Bertz CT molecular complexity index is 353. The van der Waals surface area contributed by atoms with Crippen molar-refractivity contribution in [3.8, 4) is 0 Å². The van der Waals surface area contributed by atoms with E-state index in [1.54, 1.807) is 0 Å². The summed E-state index contributed by atoms with van der Waals surface area (Å²) in [7, 11) is 0. The van der Waals surface area contributed by atoms with Crippen molar-refractivity contribution in [2.45, 2.75) is 25.7 Å². The molecule has 0 saturated carbocycles. The Kier molecular flexibility index (Phi) is 3.40. The minimum absolute atomic E-state index is 0.141. The maximum atomic E-state index is 12.5. The van der Waals surface area contributed by atoms with Gasteiger partial charge in [0.1, 0.15) is 0 Å². The highest BCUT2D eigenvalue weighted by molar-refractivity contribution is 5.08. The van der Waals surface area contributed by atoms with Crippen molar-refractivity contribution >= 4 is 0 Å². The van der Waals surface area contributed by atoms with Crippen LogP contribution in [-0.4, -0.2) is 17.3 Å². The molecule has 1 rings (SSSR count). The number of pyridine rings is 1. The molecule has 0 atom stereocenters. The van der Waals surface area contributed by atoms with E-state index in [-0.39, 0.29) is 12.6 Å². The van der Waals surface area contributed by atoms with Crippen LogP contribution in [0.25, 0.3) is 0 Å². The summed E-state index contributed by atoms with van der Waals surface area (Å²) < 4.78 is 75.2. The lowest BCUT2D eigenvalue weighted by Gasteiger charge is -2.33. The number of halogens is 6. The second-order valence-electron chi connectivity index (χ2n) is 3.83. The summed E-state index contributed by atoms with van der Waals surface area (Å²) in [6.07, 6.45) is -10.8. The topological polar surface area (TPSA) is 12.9 Å². The van der Waals surface area contributed by atoms with Gasteiger partial charge in [0.25, 0.3) is 0 Å². The Balaban J connectivity index is 3.11. The lowest BCUT2D eigenvalue weighted by Crippen LogP contribution is -2.49. The molecule has 1 aromatic rings. The zero-order valence-corrected chi connectivity index (χ0v) is 8.73. The van der Waals surface area contributed by atoms with Crippen molar-refractivity contribution in [3.05, 3.63) is 30.1 Å². The number of nitrogens with zero attached hydrogens (tertiary/aromatic N) is 1. The Labute approximate surface area is 93.5 Å². The van der Waals surface area contributed by atoms with Gasteiger partial charge in [0, 0.05) is 18.3 Å². The molecule has 17 heavy (non-hydrogen) atoms. The van der Waals surface area contributed by atoms with Gasteiger partial charge in [-0.1, -0.05) is 6.07 Å². The Hall–Kier alpha value is -1.27. The maximum Gasteiger partial charge on any atom is 0.403 e. The van der Waals surface area contributed by atoms with Crippen LogP contribution in [0.5, 0.6) is 0 Å². The maximum absolute atomic E-state index is 12.5. The molecule has 0 aromatic carbocycles. The highest BCUT2D eigenvalue weighted by atomic mass is 19.4. The van der Waals surface area contributed by atoms with Gasteiger partial charge >= 0.3 is 12.4 Å². The molecule has 0 radical (unpaired) electrons. The summed E-state index contributed by atoms with van der Waals surface area (Å²) in [5, 5.41) is 0. The first-order valence-electron chi connectivity index (χ1n) is 4.61. The fourth-order valence-electron chi connectivity index (χ4n) is 1.23. The van der Waals surface area contributed by atoms with E-state index in [2.05, 4.69) is 4.98 Å².